The maximum Gasteiger partial charge on any atom is 0.243 e. The normalized spacial score (nSPS) is 15.5. The van der Waals surface area contributed by atoms with Gasteiger partial charge in [0.2, 0.25) is 10.0 Å². The van der Waals surface area contributed by atoms with Gasteiger partial charge in [0.05, 0.1) is 11.5 Å². The highest BCUT2D eigenvalue weighted by Crippen LogP contribution is 2.23. The second kappa shape index (κ2) is 12.4. The molecule has 0 bridgehead atoms. The largest absolute Gasteiger partial charge is 0.383 e. The predicted octanol–water partition coefficient (Wildman–Crippen LogP) is 3.84. The third kappa shape index (κ3) is 7.22. The zero-order chi connectivity index (χ0) is 24.5. The van der Waals surface area contributed by atoms with Crippen LogP contribution in [0.25, 0.3) is 0 Å². The minimum Gasteiger partial charge on any atom is -0.383 e. The van der Waals surface area contributed by atoms with E-state index in [1.165, 1.54) is 0 Å². The van der Waals surface area contributed by atoms with E-state index in [-0.39, 0.29) is 0 Å². The number of hydrogen-bond donors (Lipinski definition) is 0. The van der Waals surface area contributed by atoms with Gasteiger partial charge in [-0.25, -0.2) is 8.42 Å². The first kappa shape index (κ1) is 25.5. The molecular formula is C28H35N3O3S. The first-order valence-electron chi connectivity index (χ1n) is 12.2. The number of piperazine rings is 1. The van der Waals surface area contributed by atoms with Crippen molar-refractivity contribution in [2.45, 2.75) is 24.5 Å². The number of sulfonamides is 1. The molecular weight excluding hydrogens is 458 g/mol. The number of methoxy groups -OCH3 is 1. The van der Waals surface area contributed by atoms with Gasteiger partial charge >= 0.3 is 0 Å². The van der Waals surface area contributed by atoms with E-state index in [4.69, 9.17) is 4.74 Å². The summed E-state index contributed by atoms with van der Waals surface area (Å²) in [5.74, 6) is 0. The van der Waals surface area contributed by atoms with Crippen LogP contribution in [0, 0.1) is 0 Å². The van der Waals surface area contributed by atoms with Crippen molar-refractivity contribution in [3.63, 3.8) is 0 Å². The molecule has 0 aliphatic carbocycles. The van der Waals surface area contributed by atoms with Crippen LogP contribution in [0.15, 0.2) is 89.8 Å². The Balaban J connectivity index is 1.49. The molecule has 1 heterocycles. The first-order valence-corrected chi connectivity index (χ1v) is 13.6. The molecule has 0 spiro atoms. The SMILES string of the molecule is COCCN1CCN(Cc2cccc(S(=O)(=O)N(Cc3ccccc3)Cc3ccccc3)c2)CC1. The molecule has 0 saturated carbocycles. The summed E-state index contributed by atoms with van der Waals surface area (Å²) in [7, 11) is -1.95. The number of hydrogen-bond acceptors (Lipinski definition) is 5. The lowest BCUT2D eigenvalue weighted by molar-refractivity contribution is 0.0938. The molecule has 1 aliphatic rings. The first-order chi connectivity index (χ1) is 17.0. The lowest BCUT2D eigenvalue weighted by Crippen LogP contribution is -2.46. The summed E-state index contributed by atoms with van der Waals surface area (Å²) in [5, 5.41) is 0. The molecule has 0 aromatic heterocycles. The average molecular weight is 494 g/mol. The standard InChI is InChI=1S/C28H35N3O3S/c1-34-20-19-29-15-17-30(18-16-29)22-27-13-8-14-28(21-27)35(32,33)31(23-25-9-4-2-5-10-25)24-26-11-6-3-7-12-26/h2-14,21H,15-20,22-24H2,1H3. The smallest absolute Gasteiger partial charge is 0.243 e. The maximum absolute atomic E-state index is 13.8. The minimum atomic E-state index is -3.69. The van der Waals surface area contributed by atoms with E-state index >= 15 is 0 Å². The molecule has 6 nitrogen and oxygen atoms in total. The Kier molecular flexibility index (Phi) is 9.06. The van der Waals surface area contributed by atoms with Crippen LogP contribution in [-0.2, 0) is 34.4 Å². The van der Waals surface area contributed by atoms with Crippen molar-refractivity contribution in [1.82, 2.24) is 14.1 Å². The molecule has 0 unspecified atom stereocenters. The molecule has 1 saturated heterocycles. The van der Waals surface area contributed by atoms with Crippen molar-refractivity contribution in [2.75, 3.05) is 46.4 Å². The molecule has 1 fully saturated rings. The molecule has 186 valence electrons. The molecule has 3 aromatic rings. The monoisotopic (exact) mass is 493 g/mol. The quantitative estimate of drug-likeness (QED) is 0.406. The number of nitrogens with zero attached hydrogens (tertiary/aromatic N) is 3. The fraction of sp³-hybridized carbons (Fsp3) is 0.357. The summed E-state index contributed by atoms with van der Waals surface area (Å²) in [6, 6.07) is 27.0. The molecule has 3 aromatic carbocycles. The van der Waals surface area contributed by atoms with Crippen molar-refractivity contribution in [1.29, 1.82) is 0 Å². The van der Waals surface area contributed by atoms with Gasteiger partial charge in [-0.15, -0.1) is 0 Å². The van der Waals surface area contributed by atoms with Gasteiger partial charge in [0.1, 0.15) is 0 Å². The molecule has 0 atom stereocenters. The van der Waals surface area contributed by atoms with Gasteiger partial charge in [-0.1, -0.05) is 72.8 Å². The molecule has 1 aliphatic heterocycles. The molecule has 4 rings (SSSR count). The molecule has 7 heteroatoms. The fourth-order valence-corrected chi connectivity index (χ4v) is 5.89. The summed E-state index contributed by atoms with van der Waals surface area (Å²) in [6.45, 7) is 7.05. The van der Waals surface area contributed by atoms with E-state index in [2.05, 4.69) is 9.80 Å². The second-order valence-corrected chi connectivity index (χ2v) is 10.9. The van der Waals surface area contributed by atoms with Crippen molar-refractivity contribution < 1.29 is 13.2 Å². The Morgan fingerprint density at radius 2 is 1.29 bits per heavy atom. The number of benzene rings is 3. The highest BCUT2D eigenvalue weighted by Gasteiger charge is 2.26. The van der Waals surface area contributed by atoms with Gasteiger partial charge in [0, 0.05) is 59.5 Å². The van der Waals surface area contributed by atoms with Crippen molar-refractivity contribution in [2.24, 2.45) is 0 Å². The third-order valence-corrected chi connectivity index (χ3v) is 8.21. The van der Waals surface area contributed by atoms with Crippen LogP contribution in [-0.4, -0.2) is 69.0 Å². The molecule has 0 radical (unpaired) electrons. The van der Waals surface area contributed by atoms with Gasteiger partial charge in [0.15, 0.2) is 0 Å². The molecule has 0 N–H and O–H groups in total. The van der Waals surface area contributed by atoms with Crippen LogP contribution >= 0.6 is 0 Å². The van der Waals surface area contributed by atoms with Crippen LogP contribution in [0.5, 0.6) is 0 Å². The minimum absolute atomic E-state index is 0.325. The summed E-state index contributed by atoms with van der Waals surface area (Å²) >= 11 is 0. The zero-order valence-corrected chi connectivity index (χ0v) is 21.2. The zero-order valence-electron chi connectivity index (χ0n) is 20.4. The van der Waals surface area contributed by atoms with Crippen molar-refractivity contribution in [3.8, 4) is 0 Å². The van der Waals surface area contributed by atoms with Crippen LogP contribution in [0.3, 0.4) is 0 Å². The van der Waals surface area contributed by atoms with Gasteiger partial charge in [-0.3, -0.25) is 9.80 Å². The molecule has 35 heavy (non-hydrogen) atoms. The Labute approximate surface area is 209 Å². The Morgan fingerprint density at radius 1 is 0.743 bits per heavy atom. The topological polar surface area (TPSA) is 53.1 Å². The van der Waals surface area contributed by atoms with Crippen molar-refractivity contribution in [3.05, 3.63) is 102 Å². The van der Waals surface area contributed by atoms with E-state index in [0.717, 1.165) is 62.6 Å². The lowest BCUT2D eigenvalue weighted by atomic mass is 10.2. The summed E-state index contributed by atoms with van der Waals surface area (Å²) in [5.41, 5.74) is 2.96. The Morgan fingerprint density at radius 3 is 1.86 bits per heavy atom. The van der Waals surface area contributed by atoms with Gasteiger partial charge in [0.25, 0.3) is 0 Å². The fourth-order valence-electron chi connectivity index (χ4n) is 4.40. The van der Waals surface area contributed by atoms with E-state index in [1.54, 1.807) is 17.5 Å². The van der Waals surface area contributed by atoms with E-state index in [9.17, 15) is 8.42 Å². The van der Waals surface area contributed by atoms with Crippen LogP contribution < -0.4 is 0 Å². The van der Waals surface area contributed by atoms with Crippen molar-refractivity contribution >= 4 is 10.0 Å². The van der Waals surface area contributed by atoms with Crippen LogP contribution in [0.4, 0.5) is 0 Å². The maximum atomic E-state index is 13.8. The van der Waals surface area contributed by atoms with Gasteiger partial charge in [-0.2, -0.15) is 4.31 Å². The Bertz CT molecular complexity index is 1110. The predicted molar refractivity (Wildman–Crippen MR) is 139 cm³/mol. The second-order valence-electron chi connectivity index (χ2n) is 9.00. The van der Waals surface area contributed by atoms with Gasteiger partial charge < -0.3 is 4.74 Å². The lowest BCUT2D eigenvalue weighted by Gasteiger charge is -2.34. The highest BCUT2D eigenvalue weighted by molar-refractivity contribution is 7.89. The highest BCUT2D eigenvalue weighted by atomic mass is 32.2. The van der Waals surface area contributed by atoms with Crippen LogP contribution in [0.1, 0.15) is 16.7 Å². The van der Waals surface area contributed by atoms with Gasteiger partial charge in [-0.05, 0) is 28.8 Å². The average Bonchev–Trinajstić information content (AvgIpc) is 2.89. The van der Waals surface area contributed by atoms with E-state index in [0.29, 0.717) is 18.0 Å². The number of ether oxygens (including phenoxy) is 1. The summed E-state index contributed by atoms with van der Waals surface area (Å²) in [4.78, 5) is 5.15. The van der Waals surface area contributed by atoms with Crippen LogP contribution in [0.2, 0.25) is 0 Å². The molecule has 0 amide bonds. The number of rotatable bonds is 11. The van der Waals surface area contributed by atoms with E-state index < -0.39 is 10.0 Å². The Hall–Kier alpha value is -2.55. The third-order valence-electron chi connectivity index (χ3n) is 6.42. The van der Waals surface area contributed by atoms with E-state index in [1.807, 2.05) is 78.9 Å². The summed E-state index contributed by atoms with van der Waals surface area (Å²) in [6.07, 6.45) is 0. The summed E-state index contributed by atoms with van der Waals surface area (Å²) < 4.78 is 34.4.